The summed E-state index contributed by atoms with van der Waals surface area (Å²) in [6.45, 7) is 3.10. The fraction of sp³-hybridized carbons (Fsp3) is 0.368. The molecule has 1 aliphatic rings. The van der Waals surface area contributed by atoms with Crippen LogP contribution in [0.5, 0.6) is 0 Å². The van der Waals surface area contributed by atoms with Crippen molar-refractivity contribution in [3.63, 3.8) is 0 Å². The van der Waals surface area contributed by atoms with E-state index >= 15 is 0 Å². The van der Waals surface area contributed by atoms with Crippen LogP contribution >= 0.6 is 12.4 Å². The minimum Gasteiger partial charge on any atom is -0.427 e. The molecule has 0 spiro atoms. The Labute approximate surface area is 169 Å². The van der Waals surface area contributed by atoms with Gasteiger partial charge < -0.3 is 15.1 Å². The Bertz CT molecular complexity index is 953. The number of anilines is 1. The van der Waals surface area contributed by atoms with Crippen molar-refractivity contribution < 1.29 is 26.8 Å². The molecule has 1 aromatic heterocycles. The van der Waals surface area contributed by atoms with E-state index in [0.29, 0.717) is 30.0 Å². The molecule has 1 aromatic carbocycles. The molecule has 0 radical (unpaired) electrons. The van der Waals surface area contributed by atoms with Crippen LogP contribution in [0.2, 0.25) is 0 Å². The number of aryl methyl sites for hydroxylation is 1. The number of hydrogen-bond donors (Lipinski definition) is 2. The van der Waals surface area contributed by atoms with E-state index in [4.69, 9.17) is 4.42 Å². The van der Waals surface area contributed by atoms with Gasteiger partial charge in [-0.25, -0.2) is 9.18 Å². The third-order valence-electron chi connectivity index (χ3n) is 4.62. The maximum Gasteiger partial charge on any atom is 0.419 e. The summed E-state index contributed by atoms with van der Waals surface area (Å²) in [5, 5.41) is 5.40. The van der Waals surface area contributed by atoms with Gasteiger partial charge in [-0.05, 0) is 56.1 Å². The van der Waals surface area contributed by atoms with Crippen molar-refractivity contribution in [3.05, 3.63) is 63.0 Å². The van der Waals surface area contributed by atoms with E-state index in [1.54, 1.807) is 13.0 Å². The van der Waals surface area contributed by atoms with Gasteiger partial charge in [0, 0.05) is 18.2 Å². The van der Waals surface area contributed by atoms with Gasteiger partial charge in [-0.1, -0.05) is 0 Å². The van der Waals surface area contributed by atoms with Gasteiger partial charge in [0.25, 0.3) is 5.91 Å². The number of amides is 1. The first-order chi connectivity index (χ1) is 13.2. The van der Waals surface area contributed by atoms with Gasteiger partial charge in [0.2, 0.25) is 0 Å². The highest BCUT2D eigenvalue weighted by molar-refractivity contribution is 6.04. The first kappa shape index (κ1) is 22.9. The van der Waals surface area contributed by atoms with Gasteiger partial charge in [0.1, 0.15) is 17.1 Å². The Hall–Kier alpha value is -2.39. The zero-order valence-corrected chi connectivity index (χ0v) is 16.2. The molecule has 1 unspecified atom stereocenters. The van der Waals surface area contributed by atoms with Crippen LogP contribution < -0.4 is 16.3 Å². The molecule has 0 bridgehead atoms. The molecule has 0 aliphatic carbocycles. The number of carbonyl (C=O) groups excluding carboxylic acids is 1. The highest BCUT2D eigenvalue weighted by Crippen LogP contribution is 2.33. The van der Waals surface area contributed by atoms with E-state index in [0.717, 1.165) is 25.5 Å². The van der Waals surface area contributed by atoms with Crippen molar-refractivity contribution in [2.24, 2.45) is 0 Å². The third-order valence-corrected chi connectivity index (χ3v) is 4.62. The normalized spacial score (nSPS) is 16.8. The van der Waals surface area contributed by atoms with Crippen molar-refractivity contribution in [1.82, 2.24) is 5.32 Å². The highest BCUT2D eigenvalue weighted by atomic mass is 35.5. The second kappa shape index (κ2) is 8.96. The monoisotopic (exact) mass is 434 g/mol. The molecule has 0 saturated carbocycles. The average Bonchev–Trinajstić information content (AvgIpc) is 2.62. The van der Waals surface area contributed by atoms with Crippen molar-refractivity contribution in [3.8, 4) is 0 Å². The van der Waals surface area contributed by atoms with Gasteiger partial charge in [-0.2, -0.15) is 13.2 Å². The van der Waals surface area contributed by atoms with E-state index in [9.17, 15) is 27.2 Å². The Morgan fingerprint density at radius 3 is 2.59 bits per heavy atom. The molecule has 10 heteroatoms. The molecular formula is C19H19ClF4N2O3. The summed E-state index contributed by atoms with van der Waals surface area (Å²) in [7, 11) is 0. The Morgan fingerprint density at radius 2 is 2.00 bits per heavy atom. The Morgan fingerprint density at radius 1 is 1.28 bits per heavy atom. The summed E-state index contributed by atoms with van der Waals surface area (Å²) >= 11 is 0. The Kier molecular flexibility index (Phi) is 7.07. The summed E-state index contributed by atoms with van der Waals surface area (Å²) in [5.41, 5.74) is -2.60. The van der Waals surface area contributed by atoms with Crippen LogP contribution in [0.15, 0.2) is 33.5 Å². The summed E-state index contributed by atoms with van der Waals surface area (Å²) in [6.07, 6.45) is -3.13. The smallest absolute Gasteiger partial charge is 0.419 e. The second-order valence-electron chi connectivity index (χ2n) is 6.68. The molecular weight excluding hydrogens is 416 g/mol. The molecule has 158 valence electrons. The lowest BCUT2D eigenvalue weighted by Crippen LogP contribution is -2.30. The molecule has 1 amide bonds. The molecule has 2 N–H and O–H groups in total. The SMILES string of the molecule is Cc1cc(C2CCCNC2)oc(=O)c1C(=O)Nc1ccc(F)c(C(F)(F)F)c1.Cl. The maximum absolute atomic E-state index is 13.4. The molecule has 29 heavy (non-hydrogen) atoms. The number of benzene rings is 1. The van der Waals surface area contributed by atoms with E-state index in [1.165, 1.54) is 0 Å². The van der Waals surface area contributed by atoms with Crippen molar-refractivity contribution in [2.75, 3.05) is 18.4 Å². The number of alkyl halides is 3. The van der Waals surface area contributed by atoms with Gasteiger partial charge in [0.15, 0.2) is 0 Å². The highest BCUT2D eigenvalue weighted by Gasteiger charge is 2.34. The lowest BCUT2D eigenvalue weighted by atomic mass is 9.95. The molecule has 1 atom stereocenters. The number of nitrogens with one attached hydrogen (secondary N) is 2. The predicted molar refractivity (Wildman–Crippen MR) is 101 cm³/mol. The first-order valence-corrected chi connectivity index (χ1v) is 8.70. The van der Waals surface area contributed by atoms with E-state index in [-0.39, 0.29) is 29.6 Å². The van der Waals surface area contributed by atoms with Crippen LogP contribution in [0.3, 0.4) is 0 Å². The van der Waals surface area contributed by atoms with Gasteiger partial charge in [-0.3, -0.25) is 4.79 Å². The van der Waals surface area contributed by atoms with Gasteiger partial charge >= 0.3 is 11.8 Å². The quantitative estimate of drug-likeness (QED) is 0.709. The van der Waals surface area contributed by atoms with Crippen LogP contribution in [-0.4, -0.2) is 19.0 Å². The van der Waals surface area contributed by atoms with E-state index in [2.05, 4.69) is 10.6 Å². The Balaban J connectivity index is 0.00000300. The zero-order chi connectivity index (χ0) is 20.5. The molecule has 3 rings (SSSR count). The number of piperidine rings is 1. The minimum absolute atomic E-state index is 0. The lowest BCUT2D eigenvalue weighted by molar-refractivity contribution is -0.139. The van der Waals surface area contributed by atoms with Crippen LogP contribution in [0, 0.1) is 12.7 Å². The molecule has 1 aliphatic heterocycles. The van der Waals surface area contributed by atoms with Crippen LogP contribution in [0.25, 0.3) is 0 Å². The summed E-state index contributed by atoms with van der Waals surface area (Å²) in [6, 6.07) is 3.67. The summed E-state index contributed by atoms with van der Waals surface area (Å²) in [4.78, 5) is 24.8. The number of hydrogen-bond acceptors (Lipinski definition) is 4. The fourth-order valence-corrected chi connectivity index (χ4v) is 3.22. The summed E-state index contributed by atoms with van der Waals surface area (Å²) < 4.78 is 57.1. The second-order valence-corrected chi connectivity index (χ2v) is 6.68. The standard InChI is InChI=1S/C19H18F4N2O3.ClH/c1-10-7-15(11-3-2-6-24-9-11)28-18(27)16(10)17(26)25-12-4-5-14(20)13(8-12)19(21,22)23;/h4-5,7-8,11,24H,2-3,6,9H2,1H3,(H,25,26);1H. The molecule has 2 aromatic rings. The van der Waals surface area contributed by atoms with Crippen molar-refractivity contribution in [1.29, 1.82) is 0 Å². The number of carbonyl (C=O) groups is 1. The topological polar surface area (TPSA) is 71.3 Å². The predicted octanol–water partition coefficient (Wildman–Crippen LogP) is 4.25. The van der Waals surface area contributed by atoms with Crippen LogP contribution in [-0.2, 0) is 6.18 Å². The molecule has 1 saturated heterocycles. The van der Waals surface area contributed by atoms with Gasteiger partial charge in [-0.15, -0.1) is 12.4 Å². The van der Waals surface area contributed by atoms with Gasteiger partial charge in [0.05, 0.1) is 5.56 Å². The van der Waals surface area contributed by atoms with Crippen LogP contribution in [0.4, 0.5) is 23.2 Å². The maximum atomic E-state index is 13.4. The largest absolute Gasteiger partial charge is 0.427 e. The average molecular weight is 435 g/mol. The molecule has 2 heterocycles. The lowest BCUT2D eigenvalue weighted by Gasteiger charge is -2.22. The molecule has 5 nitrogen and oxygen atoms in total. The van der Waals surface area contributed by atoms with Crippen LogP contribution in [0.1, 0.15) is 46.0 Å². The fourth-order valence-electron chi connectivity index (χ4n) is 3.22. The zero-order valence-electron chi connectivity index (χ0n) is 15.4. The number of halogens is 5. The third kappa shape index (κ3) is 5.16. The summed E-state index contributed by atoms with van der Waals surface area (Å²) in [5.74, 6) is -1.89. The minimum atomic E-state index is -4.91. The van der Waals surface area contributed by atoms with E-state index < -0.39 is 29.1 Å². The van der Waals surface area contributed by atoms with E-state index in [1.807, 2.05) is 0 Å². The number of rotatable bonds is 3. The first-order valence-electron chi connectivity index (χ1n) is 8.70. The molecule has 1 fully saturated rings. The van der Waals surface area contributed by atoms with Crippen molar-refractivity contribution >= 4 is 24.0 Å². The van der Waals surface area contributed by atoms with Crippen molar-refractivity contribution in [2.45, 2.75) is 31.9 Å².